The van der Waals surface area contributed by atoms with Crippen molar-refractivity contribution in [2.24, 2.45) is 0 Å². The van der Waals surface area contributed by atoms with Gasteiger partial charge in [0.2, 0.25) is 0 Å². The molecule has 0 atom stereocenters. The third-order valence-corrected chi connectivity index (χ3v) is 2.30. The van der Waals surface area contributed by atoms with E-state index in [1.54, 1.807) is 0 Å². The Kier molecular flexibility index (Phi) is 2.37. The van der Waals surface area contributed by atoms with E-state index in [0.29, 0.717) is 0 Å². The molecule has 0 saturated heterocycles. The Bertz CT molecular complexity index is 355. The summed E-state index contributed by atoms with van der Waals surface area (Å²) in [6.07, 6.45) is 8.17. The predicted molar refractivity (Wildman–Crippen MR) is 57.1 cm³/mol. The number of rotatable bonds is 1. The first-order valence-electron chi connectivity index (χ1n) is 4.22. The van der Waals surface area contributed by atoms with Crippen LogP contribution in [0.2, 0.25) is 5.02 Å². The number of anilines is 1. The lowest BCUT2D eigenvalue weighted by Crippen LogP contribution is -2.17. The van der Waals surface area contributed by atoms with Gasteiger partial charge in [-0.3, -0.25) is 0 Å². The van der Waals surface area contributed by atoms with E-state index in [2.05, 4.69) is 11.0 Å². The summed E-state index contributed by atoms with van der Waals surface area (Å²) in [7, 11) is 0. The van der Waals surface area contributed by atoms with Crippen molar-refractivity contribution in [3.63, 3.8) is 0 Å². The van der Waals surface area contributed by atoms with E-state index in [-0.39, 0.29) is 0 Å². The molecule has 2 rings (SSSR count). The summed E-state index contributed by atoms with van der Waals surface area (Å²) >= 11 is 6.06. The van der Waals surface area contributed by atoms with Crippen molar-refractivity contribution < 1.29 is 0 Å². The van der Waals surface area contributed by atoms with Gasteiger partial charge in [0.15, 0.2) is 0 Å². The second-order valence-corrected chi connectivity index (χ2v) is 3.28. The molecule has 2 heteroatoms. The van der Waals surface area contributed by atoms with Gasteiger partial charge in [0.05, 0.1) is 10.7 Å². The predicted octanol–water partition coefficient (Wildman–Crippen LogP) is 3.23. The van der Waals surface area contributed by atoms with Crippen LogP contribution >= 0.6 is 11.6 Å². The Morgan fingerprint density at radius 1 is 1.15 bits per heavy atom. The normalized spacial score (nSPS) is 15.0. The summed E-state index contributed by atoms with van der Waals surface area (Å²) in [5.74, 6) is 0. The molecule has 66 valence electrons. The molecular weight excluding hydrogens is 182 g/mol. The molecule has 0 spiro atoms. The molecule has 1 aliphatic heterocycles. The number of allylic oxidation sites excluding steroid dienone is 2. The van der Waals surface area contributed by atoms with E-state index in [9.17, 15) is 0 Å². The number of para-hydroxylation sites is 1. The third-order valence-electron chi connectivity index (χ3n) is 1.98. The lowest BCUT2D eigenvalue weighted by molar-refractivity contribution is 1.07. The van der Waals surface area contributed by atoms with Gasteiger partial charge >= 0.3 is 0 Å². The van der Waals surface area contributed by atoms with E-state index in [4.69, 9.17) is 11.6 Å². The minimum Gasteiger partial charge on any atom is -0.343 e. The molecule has 1 aromatic rings. The fourth-order valence-corrected chi connectivity index (χ4v) is 1.58. The standard InChI is InChI=1S/C11H10ClN/c12-10-6-2-3-7-11(10)13-8-4-1-5-9-13/h1-8H,9H2. The molecule has 0 fully saturated rings. The fourth-order valence-electron chi connectivity index (χ4n) is 1.33. The average Bonchev–Trinajstić information content (AvgIpc) is 2.20. The molecule has 0 amide bonds. The Balaban J connectivity index is 2.30. The lowest BCUT2D eigenvalue weighted by atomic mass is 10.2. The summed E-state index contributed by atoms with van der Waals surface area (Å²) in [5, 5.41) is 0.794. The monoisotopic (exact) mass is 191 g/mol. The van der Waals surface area contributed by atoms with Crippen LogP contribution in [0.4, 0.5) is 5.69 Å². The minimum absolute atomic E-state index is 0.794. The van der Waals surface area contributed by atoms with Gasteiger partial charge in [-0.25, -0.2) is 0 Å². The molecule has 0 unspecified atom stereocenters. The summed E-state index contributed by atoms with van der Waals surface area (Å²) in [4.78, 5) is 2.11. The van der Waals surface area contributed by atoms with Gasteiger partial charge < -0.3 is 4.90 Å². The van der Waals surface area contributed by atoms with Crippen LogP contribution in [0.5, 0.6) is 0 Å². The zero-order valence-corrected chi connectivity index (χ0v) is 7.91. The molecule has 13 heavy (non-hydrogen) atoms. The molecule has 0 saturated carbocycles. The van der Waals surface area contributed by atoms with Crippen molar-refractivity contribution in [1.29, 1.82) is 0 Å². The smallest absolute Gasteiger partial charge is 0.0643 e. The van der Waals surface area contributed by atoms with Crippen LogP contribution in [0.25, 0.3) is 0 Å². The minimum atomic E-state index is 0.794. The highest BCUT2D eigenvalue weighted by Crippen LogP contribution is 2.25. The van der Waals surface area contributed by atoms with Gasteiger partial charge in [0, 0.05) is 12.7 Å². The number of benzene rings is 1. The zero-order valence-electron chi connectivity index (χ0n) is 7.15. The second-order valence-electron chi connectivity index (χ2n) is 2.87. The van der Waals surface area contributed by atoms with Crippen molar-refractivity contribution in [2.75, 3.05) is 11.4 Å². The molecule has 1 aromatic carbocycles. The summed E-state index contributed by atoms with van der Waals surface area (Å²) in [6, 6.07) is 7.86. The Morgan fingerprint density at radius 2 is 2.00 bits per heavy atom. The summed E-state index contributed by atoms with van der Waals surface area (Å²) in [6.45, 7) is 0.889. The van der Waals surface area contributed by atoms with Crippen molar-refractivity contribution in [3.8, 4) is 0 Å². The van der Waals surface area contributed by atoms with Gasteiger partial charge in [-0.15, -0.1) is 0 Å². The van der Waals surface area contributed by atoms with E-state index in [0.717, 1.165) is 17.3 Å². The molecular formula is C11H10ClN. The molecule has 1 aliphatic rings. The second kappa shape index (κ2) is 3.67. The Labute approximate surface area is 82.9 Å². The highest BCUT2D eigenvalue weighted by atomic mass is 35.5. The first-order chi connectivity index (χ1) is 6.38. The number of hydrogen-bond acceptors (Lipinski definition) is 1. The van der Waals surface area contributed by atoms with Crippen LogP contribution in [0, 0.1) is 0 Å². The van der Waals surface area contributed by atoms with Crippen LogP contribution < -0.4 is 4.90 Å². The Hall–Kier alpha value is -1.21. The van der Waals surface area contributed by atoms with Gasteiger partial charge in [0.1, 0.15) is 0 Å². The Morgan fingerprint density at radius 3 is 2.69 bits per heavy atom. The van der Waals surface area contributed by atoms with Crippen molar-refractivity contribution in [2.45, 2.75) is 0 Å². The van der Waals surface area contributed by atoms with Gasteiger partial charge in [-0.05, 0) is 18.2 Å². The maximum atomic E-state index is 6.06. The van der Waals surface area contributed by atoms with Gasteiger partial charge in [-0.1, -0.05) is 35.9 Å². The largest absolute Gasteiger partial charge is 0.343 e. The van der Waals surface area contributed by atoms with Gasteiger partial charge in [-0.2, -0.15) is 0 Å². The zero-order chi connectivity index (χ0) is 9.10. The van der Waals surface area contributed by atoms with Crippen LogP contribution in [0.1, 0.15) is 0 Å². The van der Waals surface area contributed by atoms with E-state index >= 15 is 0 Å². The molecule has 0 aliphatic carbocycles. The van der Waals surface area contributed by atoms with Crippen LogP contribution in [-0.4, -0.2) is 6.54 Å². The molecule has 0 radical (unpaired) electrons. The molecule has 1 nitrogen and oxygen atoms in total. The van der Waals surface area contributed by atoms with Crippen LogP contribution in [0.3, 0.4) is 0 Å². The number of hydrogen-bond donors (Lipinski definition) is 0. The van der Waals surface area contributed by atoms with Crippen molar-refractivity contribution in [3.05, 3.63) is 53.7 Å². The SMILES string of the molecule is Clc1ccccc1N1C=CC=CC1. The lowest BCUT2D eigenvalue weighted by Gasteiger charge is -2.21. The van der Waals surface area contributed by atoms with Crippen LogP contribution in [0.15, 0.2) is 48.7 Å². The highest BCUT2D eigenvalue weighted by Gasteiger charge is 2.05. The number of halogens is 1. The quantitative estimate of drug-likeness (QED) is 0.659. The average molecular weight is 192 g/mol. The summed E-state index contributed by atoms with van der Waals surface area (Å²) in [5.41, 5.74) is 1.06. The number of nitrogens with zero attached hydrogens (tertiary/aromatic N) is 1. The van der Waals surface area contributed by atoms with Crippen molar-refractivity contribution >= 4 is 17.3 Å². The van der Waals surface area contributed by atoms with Crippen LogP contribution in [-0.2, 0) is 0 Å². The molecule has 1 heterocycles. The van der Waals surface area contributed by atoms with Crippen molar-refractivity contribution in [1.82, 2.24) is 0 Å². The maximum absolute atomic E-state index is 6.06. The molecule has 0 aromatic heterocycles. The highest BCUT2D eigenvalue weighted by molar-refractivity contribution is 6.33. The summed E-state index contributed by atoms with van der Waals surface area (Å²) < 4.78 is 0. The topological polar surface area (TPSA) is 3.24 Å². The first-order valence-corrected chi connectivity index (χ1v) is 4.60. The van der Waals surface area contributed by atoms with E-state index in [1.165, 1.54) is 0 Å². The van der Waals surface area contributed by atoms with E-state index in [1.807, 2.05) is 42.6 Å². The van der Waals surface area contributed by atoms with Gasteiger partial charge in [0.25, 0.3) is 0 Å². The fraction of sp³-hybridized carbons (Fsp3) is 0.0909. The molecule has 0 bridgehead atoms. The van der Waals surface area contributed by atoms with E-state index < -0.39 is 0 Å². The molecule has 0 N–H and O–H groups in total. The first kappa shape index (κ1) is 8.39. The maximum Gasteiger partial charge on any atom is 0.0643 e. The third kappa shape index (κ3) is 1.76.